The summed E-state index contributed by atoms with van der Waals surface area (Å²) in [5, 5.41) is 9.81. The molecule has 0 saturated heterocycles. The molecule has 0 rings (SSSR count). The molecule has 0 radical (unpaired) electrons. The van der Waals surface area contributed by atoms with Gasteiger partial charge in [0.2, 0.25) is 0 Å². The summed E-state index contributed by atoms with van der Waals surface area (Å²) in [5.41, 5.74) is 0. The Morgan fingerprint density at radius 1 is 1.06 bits per heavy atom. The average Bonchev–Trinajstić information content (AvgIpc) is 2.13. The molecule has 0 bridgehead atoms. The Kier molecular flexibility index (Phi) is 10.7. The second-order valence-corrected chi connectivity index (χ2v) is 5.63. The van der Waals surface area contributed by atoms with Crippen LogP contribution in [0.2, 0.25) is 0 Å². The molecule has 16 heavy (non-hydrogen) atoms. The van der Waals surface area contributed by atoms with E-state index >= 15 is 0 Å². The molecular weight excluding hydrogens is 239 g/mol. The van der Waals surface area contributed by atoms with E-state index in [-0.39, 0.29) is 42.4 Å². The first-order valence-corrected chi connectivity index (χ1v) is 6.96. The van der Waals surface area contributed by atoms with Crippen molar-refractivity contribution in [2.24, 2.45) is 0 Å². The van der Waals surface area contributed by atoms with E-state index in [1.165, 1.54) is 0 Å². The fourth-order valence-corrected chi connectivity index (χ4v) is 2.27. The molecule has 0 heterocycles. The summed E-state index contributed by atoms with van der Waals surface area (Å²) in [7, 11) is -4.61. The van der Waals surface area contributed by atoms with E-state index in [1.54, 1.807) is 0 Å². The van der Waals surface area contributed by atoms with Gasteiger partial charge in [-0.3, -0.25) is 0 Å². The van der Waals surface area contributed by atoms with Crippen LogP contribution in [0.3, 0.4) is 0 Å². The maximum Gasteiger partial charge on any atom is 1.00 e. The van der Waals surface area contributed by atoms with Crippen molar-refractivity contribution in [3.8, 4) is 0 Å². The number of rotatable bonds is 8. The third-order valence-electron chi connectivity index (χ3n) is 2.56. The van der Waals surface area contributed by atoms with Gasteiger partial charge in [0.1, 0.15) is 10.1 Å². The quantitative estimate of drug-likeness (QED) is 0.345. The summed E-state index contributed by atoms with van der Waals surface area (Å²) < 4.78 is 32.8. The Morgan fingerprint density at radius 2 is 1.50 bits per heavy atom. The van der Waals surface area contributed by atoms with Crippen LogP contribution in [0.5, 0.6) is 0 Å². The van der Waals surface area contributed by atoms with E-state index in [9.17, 15) is 18.1 Å². The molecule has 0 aromatic heterocycles. The van der Waals surface area contributed by atoms with Gasteiger partial charge in [0.15, 0.2) is 4.93 Å². The van der Waals surface area contributed by atoms with Crippen molar-refractivity contribution in [3.05, 3.63) is 0 Å². The molecule has 1 atom stereocenters. The minimum atomic E-state index is -4.61. The predicted molar refractivity (Wildman–Crippen MR) is 58.3 cm³/mol. The van der Waals surface area contributed by atoms with Gasteiger partial charge in [-0.05, 0) is 25.7 Å². The largest absolute Gasteiger partial charge is 1.00 e. The van der Waals surface area contributed by atoms with Crippen LogP contribution in [0.4, 0.5) is 0 Å². The molecule has 1 N–H and O–H groups in total. The normalized spacial score (nSPS) is 15.2. The average molecular weight is 260 g/mol. The van der Waals surface area contributed by atoms with E-state index in [1.807, 2.05) is 13.8 Å². The van der Waals surface area contributed by atoms with Crippen molar-refractivity contribution in [1.29, 1.82) is 0 Å². The molecule has 0 saturated carbocycles. The summed E-state index contributed by atoms with van der Waals surface area (Å²) >= 11 is 0. The minimum Gasteiger partial charge on any atom is -0.746 e. The minimum absolute atomic E-state index is 0. The molecular formula is C10H21NaO4S. The summed E-state index contributed by atoms with van der Waals surface area (Å²) in [6.07, 6.45) is 3.80. The van der Waals surface area contributed by atoms with Gasteiger partial charge in [-0.15, -0.1) is 0 Å². The van der Waals surface area contributed by atoms with E-state index in [4.69, 9.17) is 0 Å². The second kappa shape index (κ2) is 8.89. The van der Waals surface area contributed by atoms with Gasteiger partial charge >= 0.3 is 29.6 Å². The molecule has 0 aliphatic carbocycles. The Bertz CT molecular complexity index is 266. The van der Waals surface area contributed by atoms with Gasteiger partial charge in [-0.25, -0.2) is 8.42 Å². The molecule has 0 aliphatic rings. The van der Waals surface area contributed by atoms with Crippen LogP contribution in [0, 0.1) is 0 Å². The van der Waals surface area contributed by atoms with E-state index in [0.717, 1.165) is 19.3 Å². The van der Waals surface area contributed by atoms with E-state index < -0.39 is 15.1 Å². The van der Waals surface area contributed by atoms with Gasteiger partial charge in [-0.1, -0.05) is 33.1 Å². The van der Waals surface area contributed by atoms with Gasteiger partial charge in [-0.2, -0.15) is 0 Å². The number of hydrogen-bond acceptors (Lipinski definition) is 4. The van der Waals surface area contributed by atoms with Crippen molar-refractivity contribution in [1.82, 2.24) is 0 Å². The molecule has 0 aliphatic heterocycles. The molecule has 92 valence electrons. The van der Waals surface area contributed by atoms with Crippen LogP contribution in [0.1, 0.15) is 58.8 Å². The van der Waals surface area contributed by atoms with Crippen LogP contribution in [-0.2, 0) is 10.1 Å². The zero-order valence-corrected chi connectivity index (χ0v) is 13.3. The van der Waals surface area contributed by atoms with Crippen LogP contribution in [0.25, 0.3) is 0 Å². The molecule has 0 amide bonds. The molecule has 0 spiro atoms. The third kappa shape index (κ3) is 6.57. The summed E-state index contributed by atoms with van der Waals surface area (Å²) in [4.78, 5) is -2.04. The fraction of sp³-hybridized carbons (Fsp3) is 1.00. The monoisotopic (exact) mass is 260 g/mol. The number of hydrogen-bond donors (Lipinski definition) is 1. The molecule has 6 heteroatoms. The standard InChI is InChI=1S/C10H22O4S.Na/c1-3-5-7-9-10(11,8-6-4-2)15(12,13)14;/h11H,3-9H2,1-2H3,(H,12,13,14);/q;+1/p-1. The van der Waals surface area contributed by atoms with Crippen LogP contribution in [-0.4, -0.2) is 23.0 Å². The summed E-state index contributed by atoms with van der Waals surface area (Å²) in [6, 6.07) is 0. The first kappa shape index (κ1) is 19.2. The molecule has 0 fully saturated rings. The van der Waals surface area contributed by atoms with Crippen molar-refractivity contribution in [2.75, 3.05) is 0 Å². The van der Waals surface area contributed by atoms with Crippen molar-refractivity contribution >= 4 is 10.1 Å². The zero-order valence-electron chi connectivity index (χ0n) is 10.5. The second-order valence-electron chi connectivity index (χ2n) is 3.96. The Morgan fingerprint density at radius 3 is 1.88 bits per heavy atom. The van der Waals surface area contributed by atoms with Crippen molar-refractivity contribution in [2.45, 2.75) is 63.7 Å². The van der Waals surface area contributed by atoms with E-state index in [2.05, 4.69) is 0 Å². The SMILES string of the molecule is CCCCCC(O)(CCCC)S(=O)(=O)[O-].[Na+]. The maximum atomic E-state index is 10.9. The predicted octanol–water partition coefficient (Wildman–Crippen LogP) is -1.01. The molecule has 4 nitrogen and oxygen atoms in total. The summed E-state index contributed by atoms with van der Waals surface area (Å²) in [5.74, 6) is 0. The smallest absolute Gasteiger partial charge is 0.746 e. The van der Waals surface area contributed by atoms with Crippen LogP contribution >= 0.6 is 0 Å². The van der Waals surface area contributed by atoms with Crippen LogP contribution in [0.15, 0.2) is 0 Å². The zero-order chi connectivity index (χ0) is 11.9. The molecule has 0 aromatic rings. The molecule has 1 unspecified atom stereocenters. The summed E-state index contributed by atoms with van der Waals surface area (Å²) in [6.45, 7) is 3.88. The fourth-order valence-electron chi connectivity index (χ4n) is 1.48. The van der Waals surface area contributed by atoms with Crippen molar-refractivity contribution in [3.63, 3.8) is 0 Å². The Balaban J connectivity index is 0. The maximum absolute atomic E-state index is 10.9. The topological polar surface area (TPSA) is 77.4 Å². The molecule has 0 aromatic carbocycles. The van der Waals surface area contributed by atoms with Gasteiger partial charge in [0.25, 0.3) is 0 Å². The first-order valence-electron chi connectivity index (χ1n) is 5.55. The Labute approximate surface area is 121 Å². The first-order chi connectivity index (χ1) is 6.87. The Hall–Kier alpha value is 0.870. The third-order valence-corrected chi connectivity index (χ3v) is 3.90. The van der Waals surface area contributed by atoms with Crippen LogP contribution < -0.4 is 29.6 Å². The van der Waals surface area contributed by atoms with E-state index in [0.29, 0.717) is 12.8 Å². The number of aliphatic hydroxyl groups is 1. The van der Waals surface area contributed by atoms with Crippen molar-refractivity contribution < 1.29 is 47.6 Å². The number of unbranched alkanes of at least 4 members (excludes halogenated alkanes) is 3. The van der Waals surface area contributed by atoms with Gasteiger partial charge in [0, 0.05) is 0 Å². The van der Waals surface area contributed by atoms with Gasteiger partial charge in [0.05, 0.1) is 0 Å². The van der Waals surface area contributed by atoms with Gasteiger partial charge < -0.3 is 9.66 Å².